The van der Waals surface area contributed by atoms with Gasteiger partial charge in [0.15, 0.2) is 11.6 Å². The van der Waals surface area contributed by atoms with Crippen LogP contribution in [0.1, 0.15) is 35.4 Å². The molecule has 7 heteroatoms. The maximum Gasteiger partial charge on any atom is 0.213 e. The fourth-order valence-electron chi connectivity index (χ4n) is 4.04. The first kappa shape index (κ1) is 19.4. The van der Waals surface area contributed by atoms with Crippen LogP contribution in [0.15, 0.2) is 65.8 Å². The van der Waals surface area contributed by atoms with Crippen LogP contribution in [-0.4, -0.2) is 24.9 Å². The summed E-state index contributed by atoms with van der Waals surface area (Å²) in [4.78, 5) is 0. The molecule has 0 radical (unpaired) electrons. The van der Waals surface area contributed by atoms with Crippen LogP contribution in [0.5, 0.6) is 17.2 Å². The molecule has 0 saturated carbocycles. The van der Waals surface area contributed by atoms with Crippen molar-refractivity contribution in [1.29, 1.82) is 0 Å². The summed E-state index contributed by atoms with van der Waals surface area (Å²) >= 11 is 0. The fraction of sp³-hybridized carbons (Fsp3) is 0.208. The van der Waals surface area contributed by atoms with E-state index in [4.69, 9.17) is 19.3 Å². The number of nitrogens with zero attached hydrogens (tertiary/aromatic N) is 2. The smallest absolute Gasteiger partial charge is 0.213 e. The molecular formula is C24H20F2N2O3. The Kier molecular flexibility index (Phi) is 4.73. The minimum Gasteiger partial charge on any atom is -0.497 e. The highest BCUT2D eigenvalue weighted by Crippen LogP contribution is 2.48. The highest BCUT2D eigenvalue weighted by Gasteiger charge is 2.41. The Morgan fingerprint density at radius 2 is 1.65 bits per heavy atom. The molecule has 5 rings (SSSR count). The lowest BCUT2D eigenvalue weighted by atomic mass is 9.95. The van der Waals surface area contributed by atoms with Crippen LogP contribution in [0.25, 0.3) is 0 Å². The highest BCUT2D eigenvalue weighted by atomic mass is 19.2. The lowest BCUT2D eigenvalue weighted by molar-refractivity contribution is -0.0193. The lowest BCUT2D eigenvalue weighted by Crippen LogP contribution is -2.33. The number of rotatable bonds is 4. The van der Waals surface area contributed by atoms with Gasteiger partial charge in [0, 0.05) is 17.5 Å². The summed E-state index contributed by atoms with van der Waals surface area (Å²) in [5, 5.41) is 6.64. The molecule has 2 atom stereocenters. The molecule has 3 aromatic carbocycles. The summed E-state index contributed by atoms with van der Waals surface area (Å²) in [6, 6.07) is 16.9. The Balaban J connectivity index is 1.58. The van der Waals surface area contributed by atoms with Crippen molar-refractivity contribution in [3.8, 4) is 17.2 Å². The molecule has 31 heavy (non-hydrogen) atoms. The molecule has 158 valence electrons. The maximum absolute atomic E-state index is 14.0. The van der Waals surface area contributed by atoms with Crippen molar-refractivity contribution in [2.75, 3.05) is 14.2 Å². The van der Waals surface area contributed by atoms with Crippen molar-refractivity contribution in [3.05, 3.63) is 89.0 Å². The van der Waals surface area contributed by atoms with E-state index in [0.717, 1.165) is 34.7 Å². The van der Waals surface area contributed by atoms with E-state index in [2.05, 4.69) is 0 Å². The number of benzene rings is 3. The molecule has 0 spiro atoms. The third kappa shape index (κ3) is 3.36. The summed E-state index contributed by atoms with van der Waals surface area (Å²) in [5.74, 6) is 0.328. The molecule has 0 aromatic heterocycles. The Labute approximate surface area is 178 Å². The van der Waals surface area contributed by atoms with Crippen LogP contribution in [-0.2, 0) is 0 Å². The molecule has 5 nitrogen and oxygen atoms in total. The van der Waals surface area contributed by atoms with E-state index in [9.17, 15) is 8.78 Å². The molecule has 0 N–H and O–H groups in total. The SMILES string of the molecule is COc1ccc(C2=NN3C(C2)c2cc(OC)ccc2OC3c2ccc(F)c(F)c2)cc1. The summed E-state index contributed by atoms with van der Waals surface area (Å²) < 4.78 is 44.3. The van der Waals surface area contributed by atoms with Gasteiger partial charge in [-0.1, -0.05) is 6.07 Å². The van der Waals surface area contributed by atoms with Gasteiger partial charge in [0.1, 0.15) is 17.2 Å². The molecule has 0 amide bonds. The number of methoxy groups -OCH3 is 2. The first-order chi connectivity index (χ1) is 15.1. The zero-order valence-electron chi connectivity index (χ0n) is 17.0. The second-order valence-electron chi connectivity index (χ2n) is 7.42. The minimum atomic E-state index is -0.920. The van der Waals surface area contributed by atoms with Gasteiger partial charge in [-0.2, -0.15) is 5.10 Å². The van der Waals surface area contributed by atoms with Crippen molar-refractivity contribution in [2.45, 2.75) is 18.7 Å². The number of hydrogen-bond acceptors (Lipinski definition) is 5. The summed E-state index contributed by atoms with van der Waals surface area (Å²) in [7, 11) is 3.23. The monoisotopic (exact) mass is 422 g/mol. The first-order valence-electron chi connectivity index (χ1n) is 9.87. The van der Waals surface area contributed by atoms with Crippen LogP contribution in [0, 0.1) is 11.6 Å². The van der Waals surface area contributed by atoms with Gasteiger partial charge in [0.05, 0.1) is 26.0 Å². The molecule has 2 aliphatic heterocycles. The first-order valence-corrected chi connectivity index (χ1v) is 9.87. The van der Waals surface area contributed by atoms with Gasteiger partial charge in [-0.15, -0.1) is 0 Å². The Morgan fingerprint density at radius 3 is 2.35 bits per heavy atom. The van der Waals surface area contributed by atoms with E-state index in [1.54, 1.807) is 14.2 Å². The van der Waals surface area contributed by atoms with E-state index in [1.807, 2.05) is 47.5 Å². The largest absolute Gasteiger partial charge is 0.497 e. The van der Waals surface area contributed by atoms with E-state index >= 15 is 0 Å². The van der Waals surface area contributed by atoms with Gasteiger partial charge in [-0.3, -0.25) is 0 Å². The molecule has 2 aliphatic rings. The van der Waals surface area contributed by atoms with E-state index in [0.29, 0.717) is 23.5 Å². The summed E-state index contributed by atoms with van der Waals surface area (Å²) in [6.07, 6.45) is -0.0486. The predicted octanol–water partition coefficient (Wildman–Crippen LogP) is 5.22. The van der Waals surface area contributed by atoms with Crippen LogP contribution >= 0.6 is 0 Å². The lowest BCUT2D eigenvalue weighted by Gasteiger charge is -2.38. The molecule has 2 heterocycles. The third-order valence-electron chi connectivity index (χ3n) is 5.65. The topological polar surface area (TPSA) is 43.3 Å². The van der Waals surface area contributed by atoms with Crippen molar-refractivity contribution in [1.82, 2.24) is 5.01 Å². The second-order valence-corrected chi connectivity index (χ2v) is 7.42. The number of halogens is 2. The van der Waals surface area contributed by atoms with Crippen LogP contribution < -0.4 is 14.2 Å². The van der Waals surface area contributed by atoms with Gasteiger partial charge in [-0.05, 0) is 60.2 Å². The molecule has 0 saturated heterocycles. The second kappa shape index (κ2) is 7.58. The third-order valence-corrected chi connectivity index (χ3v) is 5.65. The molecule has 0 fully saturated rings. The average molecular weight is 422 g/mol. The van der Waals surface area contributed by atoms with Gasteiger partial charge < -0.3 is 14.2 Å². The van der Waals surface area contributed by atoms with Gasteiger partial charge in [-0.25, -0.2) is 13.8 Å². The van der Waals surface area contributed by atoms with Gasteiger partial charge in [0.25, 0.3) is 0 Å². The predicted molar refractivity (Wildman–Crippen MR) is 111 cm³/mol. The van der Waals surface area contributed by atoms with Gasteiger partial charge in [0.2, 0.25) is 6.23 Å². The van der Waals surface area contributed by atoms with Crippen LogP contribution in [0.3, 0.4) is 0 Å². The van der Waals surface area contributed by atoms with Gasteiger partial charge >= 0.3 is 0 Å². The Bertz CT molecular complexity index is 1160. The fourth-order valence-corrected chi connectivity index (χ4v) is 4.04. The maximum atomic E-state index is 14.0. The summed E-state index contributed by atoms with van der Waals surface area (Å²) in [6.45, 7) is 0. The normalized spacial score (nSPS) is 19.2. The Hall–Kier alpha value is -3.61. The number of hydrogen-bond donors (Lipinski definition) is 0. The number of hydrazone groups is 1. The summed E-state index contributed by atoms with van der Waals surface area (Å²) in [5.41, 5.74) is 3.26. The molecular weight excluding hydrogens is 402 g/mol. The van der Waals surface area contributed by atoms with Crippen molar-refractivity contribution in [3.63, 3.8) is 0 Å². The number of ether oxygens (including phenoxy) is 3. The quantitative estimate of drug-likeness (QED) is 0.578. The number of fused-ring (bicyclic) bond motifs is 3. The molecule has 0 aliphatic carbocycles. The van der Waals surface area contributed by atoms with E-state index in [1.165, 1.54) is 6.07 Å². The van der Waals surface area contributed by atoms with Crippen molar-refractivity contribution < 1.29 is 23.0 Å². The standard InChI is InChI=1S/C24H20F2N2O3/c1-29-16-6-3-14(4-7-16)21-13-22-18-12-17(30-2)8-10-23(18)31-24(28(22)27-21)15-5-9-19(25)20(26)11-15/h3-12,22,24H,13H2,1-2H3. The van der Waals surface area contributed by atoms with Crippen molar-refractivity contribution >= 4 is 5.71 Å². The molecule has 0 bridgehead atoms. The Morgan fingerprint density at radius 1 is 0.903 bits per heavy atom. The van der Waals surface area contributed by atoms with Crippen molar-refractivity contribution in [2.24, 2.45) is 5.10 Å². The average Bonchev–Trinajstić information content (AvgIpc) is 3.26. The molecule has 3 aromatic rings. The van der Waals surface area contributed by atoms with Crippen LogP contribution in [0.2, 0.25) is 0 Å². The zero-order valence-corrected chi connectivity index (χ0v) is 17.0. The highest BCUT2D eigenvalue weighted by molar-refractivity contribution is 6.02. The molecule has 2 unspecified atom stereocenters. The van der Waals surface area contributed by atoms with E-state index < -0.39 is 17.9 Å². The zero-order chi connectivity index (χ0) is 21.5. The minimum absolute atomic E-state index is 0.130. The van der Waals surface area contributed by atoms with Crippen LogP contribution in [0.4, 0.5) is 8.78 Å². The van der Waals surface area contributed by atoms with E-state index in [-0.39, 0.29) is 6.04 Å².